The Kier molecular flexibility index (Phi) is 7.38. The zero-order chi connectivity index (χ0) is 25.9. The van der Waals surface area contributed by atoms with Crippen LogP contribution in [0.15, 0.2) is 60.7 Å². The molecule has 0 bridgehead atoms. The van der Waals surface area contributed by atoms with Gasteiger partial charge in [-0.1, -0.05) is 49.4 Å². The molecule has 0 N–H and O–H groups in total. The molecule has 2 atom stereocenters. The topological polar surface area (TPSA) is 51.2 Å². The molecule has 0 spiro atoms. The minimum atomic E-state index is -0.240. The first kappa shape index (κ1) is 25.2. The number of methoxy groups -OCH3 is 3. The van der Waals surface area contributed by atoms with Crippen LogP contribution in [0.25, 0.3) is 0 Å². The number of hydrogen-bond acceptors (Lipinski definition) is 5. The molecule has 1 unspecified atom stereocenters. The van der Waals surface area contributed by atoms with Crippen LogP contribution in [-0.2, 0) is 30.7 Å². The molecule has 6 heteroatoms. The fraction of sp³-hybridized carbons (Fsp3) is 0.387. The van der Waals surface area contributed by atoms with Crippen LogP contribution in [0.4, 0.5) is 0 Å². The van der Waals surface area contributed by atoms with E-state index in [-0.39, 0.29) is 18.0 Å². The fourth-order valence-corrected chi connectivity index (χ4v) is 5.96. The van der Waals surface area contributed by atoms with Crippen LogP contribution in [0.5, 0.6) is 17.2 Å². The molecule has 2 heterocycles. The van der Waals surface area contributed by atoms with Gasteiger partial charge in [0.2, 0.25) is 5.91 Å². The summed E-state index contributed by atoms with van der Waals surface area (Å²) in [6.45, 7) is 4.23. The zero-order valence-corrected chi connectivity index (χ0v) is 22.2. The van der Waals surface area contributed by atoms with Gasteiger partial charge in [-0.25, -0.2) is 0 Å². The Morgan fingerprint density at radius 1 is 0.865 bits per heavy atom. The molecule has 0 aromatic heterocycles. The van der Waals surface area contributed by atoms with E-state index in [0.717, 1.165) is 42.0 Å². The number of carbonyl (C=O) groups is 1. The number of rotatable bonds is 7. The number of nitrogens with zero attached hydrogens (tertiary/aromatic N) is 2. The Balaban J connectivity index is 1.48. The first-order valence-corrected chi connectivity index (χ1v) is 13.1. The Morgan fingerprint density at radius 3 is 2.27 bits per heavy atom. The average Bonchev–Trinajstić information content (AvgIpc) is 2.95. The van der Waals surface area contributed by atoms with Gasteiger partial charge in [0, 0.05) is 25.2 Å². The van der Waals surface area contributed by atoms with E-state index in [4.69, 9.17) is 14.2 Å². The standard InChI is InChI=1S/C31H36N2O4/c1-5-26-25-18-30(37-4)29(36-3)17-22(25)14-15-33(26)31(34)27-16-21-10-6-7-11-23(21)19-32(27)20-24-12-8-9-13-28(24)35-2/h6-13,17-18,26-27H,5,14-16,19-20H2,1-4H3/t26-,27?/m0/s1. The summed E-state index contributed by atoms with van der Waals surface area (Å²) < 4.78 is 16.8. The van der Waals surface area contributed by atoms with E-state index < -0.39 is 0 Å². The molecule has 0 radical (unpaired) electrons. The number of amides is 1. The molecule has 0 saturated carbocycles. The Hall–Kier alpha value is -3.51. The minimum Gasteiger partial charge on any atom is -0.496 e. The number of benzene rings is 3. The second-order valence-corrected chi connectivity index (χ2v) is 9.82. The van der Waals surface area contributed by atoms with Gasteiger partial charge in [0.25, 0.3) is 0 Å². The van der Waals surface area contributed by atoms with Crippen molar-refractivity contribution in [2.24, 2.45) is 0 Å². The van der Waals surface area contributed by atoms with Crippen molar-refractivity contribution in [3.8, 4) is 17.2 Å². The first-order chi connectivity index (χ1) is 18.1. The van der Waals surface area contributed by atoms with Gasteiger partial charge < -0.3 is 19.1 Å². The number of para-hydroxylation sites is 1. The summed E-state index contributed by atoms with van der Waals surface area (Å²) in [6.07, 6.45) is 2.34. The van der Waals surface area contributed by atoms with Gasteiger partial charge in [-0.2, -0.15) is 0 Å². The summed E-state index contributed by atoms with van der Waals surface area (Å²) in [5.41, 5.74) is 6.03. The van der Waals surface area contributed by atoms with E-state index in [0.29, 0.717) is 25.3 Å². The van der Waals surface area contributed by atoms with Crippen molar-refractivity contribution in [1.82, 2.24) is 9.80 Å². The molecule has 6 nitrogen and oxygen atoms in total. The molecular weight excluding hydrogens is 464 g/mol. The van der Waals surface area contributed by atoms with Crippen molar-refractivity contribution in [1.29, 1.82) is 0 Å². The summed E-state index contributed by atoms with van der Waals surface area (Å²) in [5, 5.41) is 0. The molecule has 0 fully saturated rings. The van der Waals surface area contributed by atoms with Crippen molar-refractivity contribution in [2.75, 3.05) is 27.9 Å². The highest BCUT2D eigenvalue weighted by atomic mass is 16.5. The summed E-state index contributed by atoms with van der Waals surface area (Å²) >= 11 is 0. The molecule has 194 valence electrons. The SMILES string of the molecule is CC[C@H]1c2cc(OC)c(OC)cc2CCN1C(=O)C1Cc2ccccc2CN1Cc1ccccc1OC. The molecule has 5 rings (SSSR count). The first-order valence-electron chi connectivity index (χ1n) is 13.1. The number of ether oxygens (including phenoxy) is 3. The fourth-order valence-electron chi connectivity index (χ4n) is 5.96. The van der Waals surface area contributed by atoms with E-state index in [2.05, 4.69) is 59.2 Å². The molecule has 2 aliphatic rings. The second-order valence-electron chi connectivity index (χ2n) is 9.82. The van der Waals surface area contributed by atoms with Crippen molar-refractivity contribution in [3.63, 3.8) is 0 Å². The number of hydrogen-bond donors (Lipinski definition) is 0. The van der Waals surface area contributed by atoms with Crippen molar-refractivity contribution in [2.45, 2.75) is 51.4 Å². The number of carbonyl (C=O) groups excluding carboxylic acids is 1. The maximum atomic E-state index is 14.4. The van der Waals surface area contributed by atoms with Gasteiger partial charge in [-0.05, 0) is 59.7 Å². The normalized spacial score (nSPS) is 19.1. The van der Waals surface area contributed by atoms with Gasteiger partial charge in [-0.3, -0.25) is 9.69 Å². The lowest BCUT2D eigenvalue weighted by molar-refractivity contribution is -0.141. The van der Waals surface area contributed by atoms with Crippen molar-refractivity contribution >= 4 is 5.91 Å². The monoisotopic (exact) mass is 500 g/mol. The lowest BCUT2D eigenvalue weighted by Gasteiger charge is -2.43. The predicted molar refractivity (Wildman–Crippen MR) is 144 cm³/mol. The van der Waals surface area contributed by atoms with Gasteiger partial charge >= 0.3 is 0 Å². The van der Waals surface area contributed by atoms with Crippen molar-refractivity contribution < 1.29 is 19.0 Å². The van der Waals surface area contributed by atoms with Gasteiger partial charge in [0.1, 0.15) is 5.75 Å². The predicted octanol–water partition coefficient (Wildman–Crippen LogP) is 5.18. The van der Waals surface area contributed by atoms with Gasteiger partial charge in [0.05, 0.1) is 33.4 Å². The lowest BCUT2D eigenvalue weighted by atomic mass is 9.88. The summed E-state index contributed by atoms with van der Waals surface area (Å²) in [7, 11) is 5.02. The van der Waals surface area contributed by atoms with Crippen LogP contribution in [0.1, 0.15) is 47.2 Å². The Bertz CT molecular complexity index is 1270. The third-order valence-corrected chi connectivity index (χ3v) is 7.87. The largest absolute Gasteiger partial charge is 0.496 e. The third-order valence-electron chi connectivity index (χ3n) is 7.87. The van der Waals surface area contributed by atoms with E-state index in [1.807, 2.05) is 18.2 Å². The molecule has 0 saturated heterocycles. The Labute approximate surface area is 219 Å². The van der Waals surface area contributed by atoms with E-state index >= 15 is 0 Å². The van der Waals surface area contributed by atoms with Crippen LogP contribution in [0.3, 0.4) is 0 Å². The lowest BCUT2D eigenvalue weighted by Crippen LogP contribution is -2.53. The molecule has 37 heavy (non-hydrogen) atoms. The van der Waals surface area contributed by atoms with E-state index in [1.54, 1.807) is 21.3 Å². The van der Waals surface area contributed by atoms with E-state index in [1.165, 1.54) is 16.7 Å². The van der Waals surface area contributed by atoms with E-state index in [9.17, 15) is 4.79 Å². The second kappa shape index (κ2) is 10.9. The van der Waals surface area contributed by atoms with Crippen LogP contribution < -0.4 is 14.2 Å². The highest BCUT2D eigenvalue weighted by molar-refractivity contribution is 5.83. The molecule has 0 aliphatic carbocycles. The quantitative estimate of drug-likeness (QED) is 0.448. The Morgan fingerprint density at radius 2 is 1.54 bits per heavy atom. The highest BCUT2D eigenvalue weighted by Gasteiger charge is 2.39. The van der Waals surface area contributed by atoms with Gasteiger partial charge in [0.15, 0.2) is 11.5 Å². The third kappa shape index (κ3) is 4.78. The molecule has 2 aliphatic heterocycles. The average molecular weight is 501 g/mol. The molecule has 1 amide bonds. The van der Waals surface area contributed by atoms with Gasteiger partial charge in [-0.15, -0.1) is 0 Å². The van der Waals surface area contributed by atoms with Crippen LogP contribution >= 0.6 is 0 Å². The maximum absolute atomic E-state index is 14.4. The molecule has 3 aromatic rings. The zero-order valence-electron chi connectivity index (χ0n) is 22.2. The smallest absolute Gasteiger partial charge is 0.240 e. The maximum Gasteiger partial charge on any atom is 0.240 e. The van der Waals surface area contributed by atoms with Crippen LogP contribution in [0, 0.1) is 0 Å². The molecule has 3 aromatic carbocycles. The van der Waals surface area contributed by atoms with Crippen LogP contribution in [-0.4, -0.2) is 49.6 Å². The summed E-state index contributed by atoms with van der Waals surface area (Å²) in [6, 6.07) is 20.5. The number of fused-ring (bicyclic) bond motifs is 2. The minimum absolute atomic E-state index is 0.00124. The van der Waals surface area contributed by atoms with Crippen LogP contribution in [0.2, 0.25) is 0 Å². The molecular formula is C31H36N2O4. The summed E-state index contributed by atoms with van der Waals surface area (Å²) in [4.78, 5) is 18.8. The summed E-state index contributed by atoms with van der Waals surface area (Å²) in [5.74, 6) is 2.49. The highest BCUT2D eigenvalue weighted by Crippen LogP contribution is 2.40. The van der Waals surface area contributed by atoms with Crippen molar-refractivity contribution in [3.05, 3.63) is 88.5 Å².